The van der Waals surface area contributed by atoms with Crippen molar-refractivity contribution in [1.29, 1.82) is 0 Å². The largest absolute Gasteiger partial charge is 0.440 e. The maximum atomic E-state index is 7.85. The van der Waals surface area contributed by atoms with Gasteiger partial charge in [0.2, 0.25) is 5.88 Å². The van der Waals surface area contributed by atoms with E-state index in [2.05, 4.69) is 233 Å². The molecule has 13 rings (SSSR count). The topological polar surface area (TPSA) is 19.6 Å². The zero-order chi connectivity index (χ0) is 56.6. The van der Waals surface area contributed by atoms with Gasteiger partial charge in [0.1, 0.15) is 44.8 Å². The second-order valence-corrected chi connectivity index (χ2v) is 31.7. The van der Waals surface area contributed by atoms with E-state index in [1.165, 1.54) is 152 Å². The van der Waals surface area contributed by atoms with Crippen LogP contribution in [0.4, 0.5) is 34.3 Å². The Hall–Kier alpha value is -5.15. The number of benzene rings is 6. The Morgan fingerprint density at radius 1 is 0.367 bits per heavy atom. The van der Waals surface area contributed by atoms with Crippen molar-refractivity contribution in [2.45, 2.75) is 205 Å². The van der Waals surface area contributed by atoms with E-state index in [0.717, 1.165) is 43.6 Å². The lowest BCUT2D eigenvalue weighted by Crippen LogP contribution is -2.61. The lowest BCUT2D eigenvalue weighted by atomic mass is 9.33. The molecule has 6 aromatic carbocycles. The summed E-state index contributed by atoms with van der Waals surface area (Å²) >= 11 is 0. The van der Waals surface area contributed by atoms with Crippen LogP contribution in [-0.4, -0.2) is 45.9 Å². The summed E-state index contributed by atoms with van der Waals surface area (Å²) in [5.74, 6) is 0.973. The molecule has 0 N–H and O–H groups in total. The van der Waals surface area contributed by atoms with Crippen molar-refractivity contribution in [3.05, 3.63) is 117 Å². The molecule has 2 aliphatic heterocycles. The summed E-state index contributed by atoms with van der Waals surface area (Å²) in [5, 5.41) is 1.26. The second kappa shape index (κ2) is 16.5. The van der Waals surface area contributed by atoms with E-state index in [9.17, 15) is 0 Å². The first kappa shape index (κ1) is 53.2. The number of hydrogen-bond acceptors (Lipinski definition) is 3. The van der Waals surface area contributed by atoms with Gasteiger partial charge in [0, 0.05) is 39.3 Å². The summed E-state index contributed by atoms with van der Waals surface area (Å²) in [6, 6.07) is 31.0. The maximum absolute atomic E-state index is 7.85. The van der Waals surface area contributed by atoms with Gasteiger partial charge in [-0.3, -0.25) is 4.90 Å². The minimum atomic E-state index is -0.0913. The Bertz CT molecular complexity index is 3820. The van der Waals surface area contributed by atoms with Gasteiger partial charge in [-0.25, -0.2) is 0 Å². The number of fused-ring (bicyclic) bond motifs is 10. The summed E-state index contributed by atoms with van der Waals surface area (Å²) in [5.41, 5.74) is 33.0. The molecule has 0 radical (unpaired) electrons. The first-order chi connectivity index (χ1) is 36.7. The lowest BCUT2D eigenvalue weighted by Gasteiger charge is -2.47. The predicted octanol–water partition coefficient (Wildman–Crippen LogP) is 8.87. The van der Waals surface area contributed by atoms with Gasteiger partial charge in [0.15, 0.2) is 0 Å². The van der Waals surface area contributed by atoms with Crippen LogP contribution in [0.25, 0.3) is 22.1 Å². The molecule has 3 nitrogen and oxygen atoms in total. The highest BCUT2D eigenvalue weighted by molar-refractivity contribution is 7.01. The molecule has 3 heterocycles. The fourth-order valence-electron chi connectivity index (χ4n) is 16.7. The van der Waals surface area contributed by atoms with Crippen LogP contribution in [0.1, 0.15) is 207 Å². The standard InChI is InChI=1S/C70H86B6N2O/c1-63(2)21-23-65(5,6)43-31-38(17-19-41(43)63)77-50-35-47-46(68(11,12)26-27-69(47,13)14)34-49(50)76-60-40-33-45-48(70(15,16)28-25-67(45,9)10)36-53(40)79-62(60)78(39-18-20-42-44(32-39)66(7,8)24-22-64(42,3)4)52-30-37(29-51(77)61(52)76)54-55(71)57(73)59(75)58(74)56(54)72/h17-20,29-36H,21-28,71-75H2,1-16H3. The molecule has 0 amide bonds. The van der Waals surface area contributed by atoms with Gasteiger partial charge >= 0.3 is 0 Å². The first-order valence-corrected chi connectivity index (χ1v) is 30.6. The van der Waals surface area contributed by atoms with E-state index in [4.69, 9.17) is 4.42 Å². The minimum absolute atomic E-state index is 0.00891. The molecule has 4 aliphatic carbocycles. The van der Waals surface area contributed by atoms with Crippen molar-refractivity contribution in [2.75, 3.05) is 9.80 Å². The quantitative estimate of drug-likeness (QED) is 0.165. The van der Waals surface area contributed by atoms with E-state index in [1.54, 1.807) is 0 Å². The van der Waals surface area contributed by atoms with Crippen LogP contribution in [-0.2, 0) is 43.3 Å². The van der Waals surface area contributed by atoms with Gasteiger partial charge in [-0.2, -0.15) is 0 Å². The van der Waals surface area contributed by atoms with Crippen molar-refractivity contribution in [1.82, 2.24) is 0 Å². The average molecular weight is 1040 g/mol. The smallest absolute Gasteiger partial charge is 0.257 e. The van der Waals surface area contributed by atoms with Gasteiger partial charge in [0.05, 0.1) is 0 Å². The molecule has 9 heteroatoms. The minimum Gasteiger partial charge on any atom is -0.440 e. The Morgan fingerprint density at radius 2 is 0.734 bits per heavy atom. The number of hydrogen-bond donors (Lipinski definition) is 0. The predicted molar refractivity (Wildman–Crippen MR) is 358 cm³/mol. The van der Waals surface area contributed by atoms with Crippen molar-refractivity contribution in [3.8, 4) is 11.1 Å². The molecule has 0 spiro atoms. The normalized spacial score (nSPS) is 21.5. The summed E-state index contributed by atoms with van der Waals surface area (Å²) in [6.07, 6.45) is 9.31. The van der Waals surface area contributed by atoms with E-state index in [1.807, 2.05) is 0 Å². The Labute approximate surface area is 480 Å². The van der Waals surface area contributed by atoms with Crippen molar-refractivity contribution in [2.24, 2.45) is 0 Å². The molecule has 0 atom stereocenters. The van der Waals surface area contributed by atoms with E-state index in [-0.39, 0.29) is 50.0 Å². The highest BCUT2D eigenvalue weighted by Crippen LogP contribution is 2.56. The molecule has 1 aromatic heterocycles. The van der Waals surface area contributed by atoms with Crippen LogP contribution in [0.5, 0.6) is 0 Å². The monoisotopic (exact) mass is 1040 g/mol. The molecule has 0 fully saturated rings. The highest BCUT2D eigenvalue weighted by Gasteiger charge is 2.51. The molecule has 0 unspecified atom stereocenters. The molecule has 400 valence electrons. The highest BCUT2D eigenvalue weighted by atomic mass is 16.4. The van der Waals surface area contributed by atoms with E-state index < -0.39 is 0 Å². The molecule has 0 bridgehead atoms. The third-order valence-corrected chi connectivity index (χ3v) is 23.1. The maximum Gasteiger partial charge on any atom is 0.257 e. The fraction of sp³-hybridized carbons (Fsp3) is 0.457. The van der Waals surface area contributed by atoms with E-state index >= 15 is 0 Å². The Balaban J connectivity index is 1.23. The molecule has 6 aliphatic rings. The van der Waals surface area contributed by atoms with Gasteiger partial charge in [-0.05, 0) is 216 Å². The van der Waals surface area contributed by atoms with Gasteiger partial charge in [0.25, 0.3) is 6.71 Å². The third kappa shape index (κ3) is 7.50. The Morgan fingerprint density at radius 3 is 1.20 bits per heavy atom. The fourth-order valence-corrected chi connectivity index (χ4v) is 16.7. The molecule has 7 aromatic rings. The molecule has 0 saturated carbocycles. The van der Waals surface area contributed by atoms with Crippen LogP contribution < -0.4 is 53.5 Å². The first-order valence-electron chi connectivity index (χ1n) is 30.6. The number of nitrogens with zero attached hydrogens (tertiary/aromatic N) is 2. The third-order valence-electron chi connectivity index (χ3n) is 23.1. The summed E-state index contributed by atoms with van der Waals surface area (Å²) < 4.78 is 7.85. The van der Waals surface area contributed by atoms with Crippen molar-refractivity contribution < 1.29 is 4.42 Å². The van der Waals surface area contributed by atoms with Crippen molar-refractivity contribution >= 4 is 135 Å². The summed E-state index contributed by atoms with van der Waals surface area (Å²) in [7, 11) is 11.8. The zero-order valence-corrected chi connectivity index (χ0v) is 52.5. The summed E-state index contributed by atoms with van der Waals surface area (Å²) in [6.45, 7) is 39.6. The molecular formula is C70H86B6N2O. The van der Waals surface area contributed by atoms with Crippen LogP contribution in [0, 0.1) is 0 Å². The number of furan rings is 1. The van der Waals surface area contributed by atoms with Gasteiger partial charge in [-0.1, -0.05) is 140 Å². The van der Waals surface area contributed by atoms with Gasteiger partial charge < -0.3 is 9.32 Å². The molecule has 0 saturated heterocycles. The molecular weight excluding hydrogens is 950 g/mol. The number of anilines is 6. The Kier molecular flexibility index (Phi) is 11.1. The molecule has 79 heavy (non-hydrogen) atoms. The summed E-state index contributed by atoms with van der Waals surface area (Å²) in [4.78, 5) is 5.38. The van der Waals surface area contributed by atoms with E-state index in [0.29, 0.717) is 0 Å². The van der Waals surface area contributed by atoms with Crippen LogP contribution in [0.15, 0.2) is 77.2 Å². The second-order valence-electron chi connectivity index (χ2n) is 31.7. The van der Waals surface area contributed by atoms with Crippen LogP contribution >= 0.6 is 0 Å². The average Bonchev–Trinajstić information content (AvgIpc) is 2.50. The zero-order valence-electron chi connectivity index (χ0n) is 52.5. The lowest BCUT2D eigenvalue weighted by molar-refractivity contribution is 0.332. The SMILES string of the molecule is Bc1c(B)c(B)c(-c2cc3c4c(c2)N(c2ccc5c(c2)C(C)(C)CCC5(C)C)c2oc5cc6c(cc5c2B4c2cc4c(cc2N3c2ccc3c(c2)C(C)(C)CCC3(C)C)C(C)(C)CCC4(C)C)C(C)(C)CCC6(C)C)c(B)c1B. The number of rotatable bonds is 3. The van der Waals surface area contributed by atoms with Crippen LogP contribution in [0.2, 0.25) is 0 Å². The van der Waals surface area contributed by atoms with Gasteiger partial charge in [-0.15, -0.1) is 16.4 Å². The van der Waals surface area contributed by atoms with Crippen LogP contribution in [0.3, 0.4) is 0 Å². The van der Waals surface area contributed by atoms with Crippen molar-refractivity contribution in [3.63, 3.8) is 0 Å².